The topological polar surface area (TPSA) is 38.0 Å². The SMILES string of the molecule is CC(N)CCNC1CC(C)C1. The molecule has 0 aromatic rings. The second-order valence-electron chi connectivity index (χ2n) is 3.99. The maximum atomic E-state index is 5.63. The molecule has 11 heavy (non-hydrogen) atoms. The van der Waals surface area contributed by atoms with Crippen molar-refractivity contribution in [3.8, 4) is 0 Å². The van der Waals surface area contributed by atoms with Gasteiger partial charge in [-0.1, -0.05) is 6.92 Å². The van der Waals surface area contributed by atoms with E-state index >= 15 is 0 Å². The van der Waals surface area contributed by atoms with Crippen LogP contribution in [0.3, 0.4) is 0 Å². The molecule has 2 heteroatoms. The fraction of sp³-hybridized carbons (Fsp3) is 1.00. The lowest BCUT2D eigenvalue weighted by molar-refractivity contribution is 0.240. The molecule has 0 spiro atoms. The zero-order valence-electron chi connectivity index (χ0n) is 7.64. The summed E-state index contributed by atoms with van der Waals surface area (Å²) in [7, 11) is 0. The summed E-state index contributed by atoms with van der Waals surface area (Å²) in [5, 5.41) is 3.50. The third-order valence-corrected chi connectivity index (χ3v) is 2.41. The monoisotopic (exact) mass is 156 g/mol. The highest BCUT2D eigenvalue weighted by Gasteiger charge is 2.23. The van der Waals surface area contributed by atoms with Crippen molar-refractivity contribution in [3.63, 3.8) is 0 Å². The van der Waals surface area contributed by atoms with Crippen LogP contribution in [-0.4, -0.2) is 18.6 Å². The van der Waals surface area contributed by atoms with E-state index < -0.39 is 0 Å². The molecule has 0 saturated heterocycles. The van der Waals surface area contributed by atoms with Crippen LogP contribution >= 0.6 is 0 Å². The summed E-state index contributed by atoms with van der Waals surface area (Å²) in [5.41, 5.74) is 5.63. The molecule has 1 fully saturated rings. The second-order valence-corrected chi connectivity index (χ2v) is 3.99. The molecule has 1 unspecified atom stereocenters. The highest BCUT2D eigenvalue weighted by molar-refractivity contribution is 4.82. The van der Waals surface area contributed by atoms with Crippen LogP contribution in [0.2, 0.25) is 0 Å². The summed E-state index contributed by atoms with van der Waals surface area (Å²) in [4.78, 5) is 0. The van der Waals surface area contributed by atoms with E-state index in [1.54, 1.807) is 0 Å². The second kappa shape index (κ2) is 4.07. The summed E-state index contributed by atoms with van der Waals surface area (Å²) in [6.45, 7) is 5.46. The Bertz CT molecular complexity index is 106. The lowest BCUT2D eigenvalue weighted by Gasteiger charge is -2.33. The maximum Gasteiger partial charge on any atom is 0.00721 e. The molecular weight excluding hydrogens is 136 g/mol. The fourth-order valence-electron chi connectivity index (χ4n) is 1.58. The van der Waals surface area contributed by atoms with Crippen molar-refractivity contribution in [2.24, 2.45) is 11.7 Å². The van der Waals surface area contributed by atoms with Gasteiger partial charge in [-0.2, -0.15) is 0 Å². The lowest BCUT2D eigenvalue weighted by Crippen LogP contribution is -2.41. The van der Waals surface area contributed by atoms with Crippen molar-refractivity contribution in [1.29, 1.82) is 0 Å². The Morgan fingerprint density at radius 2 is 2.18 bits per heavy atom. The standard InChI is InChI=1S/C9H20N2/c1-7-5-9(6-7)11-4-3-8(2)10/h7-9,11H,3-6,10H2,1-2H3. The predicted octanol–water partition coefficient (Wildman–Crippen LogP) is 1.11. The van der Waals surface area contributed by atoms with Crippen LogP contribution in [0.5, 0.6) is 0 Å². The van der Waals surface area contributed by atoms with Gasteiger partial charge in [-0.3, -0.25) is 0 Å². The van der Waals surface area contributed by atoms with Gasteiger partial charge in [0.05, 0.1) is 0 Å². The number of hydrogen-bond acceptors (Lipinski definition) is 2. The first-order valence-corrected chi connectivity index (χ1v) is 4.67. The summed E-state index contributed by atoms with van der Waals surface area (Å²) >= 11 is 0. The molecule has 66 valence electrons. The quantitative estimate of drug-likeness (QED) is 0.640. The molecule has 1 saturated carbocycles. The van der Waals surface area contributed by atoms with Crippen LogP contribution in [0.15, 0.2) is 0 Å². The molecule has 0 aromatic heterocycles. The summed E-state index contributed by atoms with van der Waals surface area (Å²) < 4.78 is 0. The number of nitrogens with one attached hydrogen (secondary N) is 1. The Morgan fingerprint density at radius 1 is 1.55 bits per heavy atom. The van der Waals surface area contributed by atoms with Crippen molar-refractivity contribution < 1.29 is 0 Å². The number of nitrogens with two attached hydrogens (primary N) is 1. The molecule has 2 nitrogen and oxygen atoms in total. The molecule has 3 N–H and O–H groups in total. The average Bonchev–Trinajstić information content (AvgIpc) is 1.83. The minimum Gasteiger partial charge on any atom is -0.328 e. The van der Waals surface area contributed by atoms with Crippen LogP contribution in [-0.2, 0) is 0 Å². The lowest BCUT2D eigenvalue weighted by atomic mass is 9.82. The molecule has 0 heterocycles. The van der Waals surface area contributed by atoms with Gasteiger partial charge in [0.25, 0.3) is 0 Å². The van der Waals surface area contributed by atoms with Gasteiger partial charge in [-0.25, -0.2) is 0 Å². The van der Waals surface area contributed by atoms with Crippen molar-refractivity contribution in [2.75, 3.05) is 6.54 Å². The van der Waals surface area contributed by atoms with Gasteiger partial charge in [0, 0.05) is 12.1 Å². The van der Waals surface area contributed by atoms with Gasteiger partial charge < -0.3 is 11.1 Å². The van der Waals surface area contributed by atoms with E-state index in [0.29, 0.717) is 6.04 Å². The van der Waals surface area contributed by atoms with Gasteiger partial charge in [0.2, 0.25) is 0 Å². The van der Waals surface area contributed by atoms with E-state index in [1.165, 1.54) is 12.8 Å². The van der Waals surface area contributed by atoms with Gasteiger partial charge in [-0.15, -0.1) is 0 Å². The highest BCUT2D eigenvalue weighted by atomic mass is 14.9. The summed E-state index contributed by atoms with van der Waals surface area (Å²) in [5.74, 6) is 0.947. The molecule has 0 radical (unpaired) electrons. The van der Waals surface area contributed by atoms with E-state index in [0.717, 1.165) is 24.9 Å². The molecule has 0 amide bonds. The van der Waals surface area contributed by atoms with Crippen LogP contribution in [0.4, 0.5) is 0 Å². The van der Waals surface area contributed by atoms with Crippen molar-refractivity contribution >= 4 is 0 Å². The Kier molecular flexibility index (Phi) is 3.34. The van der Waals surface area contributed by atoms with Gasteiger partial charge >= 0.3 is 0 Å². The fourth-order valence-corrected chi connectivity index (χ4v) is 1.58. The third kappa shape index (κ3) is 3.21. The maximum absolute atomic E-state index is 5.63. The van der Waals surface area contributed by atoms with Gasteiger partial charge in [0.1, 0.15) is 0 Å². The normalized spacial score (nSPS) is 33.0. The molecule has 1 aliphatic rings. The van der Waals surface area contributed by atoms with Crippen LogP contribution in [0, 0.1) is 5.92 Å². The van der Waals surface area contributed by atoms with E-state index in [4.69, 9.17) is 5.73 Å². The van der Waals surface area contributed by atoms with E-state index in [-0.39, 0.29) is 0 Å². The Labute approximate surface area is 69.5 Å². The minimum absolute atomic E-state index is 0.347. The van der Waals surface area contributed by atoms with Gasteiger partial charge in [-0.05, 0) is 38.6 Å². The predicted molar refractivity (Wildman–Crippen MR) is 48.5 cm³/mol. The molecule has 0 aromatic carbocycles. The Balaban J connectivity index is 1.89. The molecule has 1 aliphatic carbocycles. The molecule has 1 rings (SSSR count). The zero-order valence-corrected chi connectivity index (χ0v) is 7.64. The molecule has 0 bridgehead atoms. The molecule has 0 aliphatic heterocycles. The van der Waals surface area contributed by atoms with E-state index in [9.17, 15) is 0 Å². The van der Waals surface area contributed by atoms with Crippen LogP contribution in [0.25, 0.3) is 0 Å². The van der Waals surface area contributed by atoms with Crippen molar-refractivity contribution in [2.45, 2.75) is 45.2 Å². The minimum atomic E-state index is 0.347. The van der Waals surface area contributed by atoms with Crippen molar-refractivity contribution in [1.82, 2.24) is 5.32 Å². The van der Waals surface area contributed by atoms with Crippen LogP contribution < -0.4 is 11.1 Å². The number of rotatable bonds is 4. The zero-order chi connectivity index (χ0) is 8.27. The summed E-state index contributed by atoms with van der Waals surface area (Å²) in [6, 6.07) is 1.14. The smallest absolute Gasteiger partial charge is 0.00721 e. The van der Waals surface area contributed by atoms with E-state index in [2.05, 4.69) is 19.2 Å². The Morgan fingerprint density at radius 3 is 2.64 bits per heavy atom. The van der Waals surface area contributed by atoms with Crippen LogP contribution in [0.1, 0.15) is 33.1 Å². The summed E-state index contributed by atoms with van der Waals surface area (Å²) in [6.07, 6.45) is 3.82. The largest absolute Gasteiger partial charge is 0.328 e. The first-order valence-electron chi connectivity index (χ1n) is 4.67. The first-order chi connectivity index (χ1) is 5.18. The Hall–Kier alpha value is -0.0800. The number of hydrogen-bond donors (Lipinski definition) is 2. The third-order valence-electron chi connectivity index (χ3n) is 2.41. The van der Waals surface area contributed by atoms with E-state index in [1.807, 2.05) is 0 Å². The average molecular weight is 156 g/mol. The first kappa shape index (κ1) is 9.01. The molecular formula is C9H20N2. The highest BCUT2D eigenvalue weighted by Crippen LogP contribution is 2.25. The van der Waals surface area contributed by atoms with Crippen molar-refractivity contribution in [3.05, 3.63) is 0 Å². The van der Waals surface area contributed by atoms with Gasteiger partial charge in [0.15, 0.2) is 0 Å². The molecule has 1 atom stereocenters.